The van der Waals surface area contributed by atoms with Gasteiger partial charge in [-0.3, -0.25) is 4.79 Å². The first-order valence-electron chi connectivity index (χ1n) is 6.57. The van der Waals surface area contributed by atoms with Gasteiger partial charge in [-0.15, -0.1) is 0 Å². The highest BCUT2D eigenvalue weighted by molar-refractivity contribution is 5.97. The summed E-state index contributed by atoms with van der Waals surface area (Å²) in [5.41, 5.74) is 6.91. The predicted octanol–water partition coefficient (Wildman–Crippen LogP) is 0.103. The van der Waals surface area contributed by atoms with Crippen molar-refractivity contribution in [2.24, 2.45) is 10.9 Å². The van der Waals surface area contributed by atoms with Crippen LogP contribution < -0.4 is 11.1 Å². The minimum Gasteiger partial charge on any atom is -0.409 e. The maximum Gasteiger partial charge on any atom is 0.224 e. The fraction of sp³-hybridized carbons (Fsp3) is 0.429. The molecule has 1 aromatic carbocycles. The second kappa shape index (κ2) is 9.73. The van der Waals surface area contributed by atoms with E-state index in [4.69, 9.17) is 20.4 Å². The zero-order valence-electron chi connectivity index (χ0n) is 12.0. The molecule has 0 radical (unpaired) electrons. The average Bonchev–Trinajstić information content (AvgIpc) is 2.50. The van der Waals surface area contributed by atoms with Crippen LogP contribution in [-0.4, -0.2) is 50.4 Å². The van der Waals surface area contributed by atoms with Crippen LogP contribution >= 0.6 is 0 Å². The molecule has 0 saturated carbocycles. The molecular formula is C14H21N3O4. The molecule has 116 valence electrons. The highest BCUT2D eigenvalue weighted by atomic mass is 16.5. The number of ether oxygens (including phenoxy) is 2. The second-order valence-corrected chi connectivity index (χ2v) is 4.31. The number of amides is 1. The Labute approximate surface area is 123 Å². The third kappa shape index (κ3) is 6.73. The van der Waals surface area contributed by atoms with Crippen molar-refractivity contribution in [1.82, 2.24) is 5.32 Å². The Morgan fingerprint density at radius 1 is 1.29 bits per heavy atom. The van der Waals surface area contributed by atoms with Crippen LogP contribution in [0.4, 0.5) is 0 Å². The van der Waals surface area contributed by atoms with Crippen LogP contribution in [0.1, 0.15) is 11.1 Å². The number of hydrogen-bond donors (Lipinski definition) is 3. The first-order valence-corrected chi connectivity index (χ1v) is 6.57. The van der Waals surface area contributed by atoms with Gasteiger partial charge in [-0.25, -0.2) is 0 Å². The van der Waals surface area contributed by atoms with Crippen molar-refractivity contribution in [1.29, 1.82) is 0 Å². The van der Waals surface area contributed by atoms with Gasteiger partial charge >= 0.3 is 0 Å². The van der Waals surface area contributed by atoms with Gasteiger partial charge in [0.2, 0.25) is 5.91 Å². The van der Waals surface area contributed by atoms with Crippen molar-refractivity contribution < 1.29 is 19.5 Å². The molecule has 0 aromatic heterocycles. The molecule has 1 amide bonds. The molecule has 7 nitrogen and oxygen atoms in total. The second-order valence-electron chi connectivity index (χ2n) is 4.31. The molecular weight excluding hydrogens is 274 g/mol. The molecule has 1 aromatic rings. The van der Waals surface area contributed by atoms with Crippen molar-refractivity contribution >= 4 is 11.7 Å². The van der Waals surface area contributed by atoms with Crippen molar-refractivity contribution in [3.8, 4) is 0 Å². The molecule has 0 atom stereocenters. The van der Waals surface area contributed by atoms with Gasteiger partial charge < -0.3 is 25.7 Å². The average molecular weight is 295 g/mol. The Kier molecular flexibility index (Phi) is 7.85. The van der Waals surface area contributed by atoms with Crippen molar-refractivity contribution in [2.45, 2.75) is 6.42 Å². The predicted molar refractivity (Wildman–Crippen MR) is 78.4 cm³/mol. The molecule has 0 bridgehead atoms. The molecule has 1 rings (SSSR count). The van der Waals surface area contributed by atoms with E-state index in [0.717, 1.165) is 5.56 Å². The lowest BCUT2D eigenvalue weighted by Gasteiger charge is -2.07. The van der Waals surface area contributed by atoms with E-state index in [9.17, 15) is 4.79 Å². The Hall–Kier alpha value is -2.12. The van der Waals surface area contributed by atoms with E-state index in [1.165, 1.54) is 0 Å². The van der Waals surface area contributed by atoms with Gasteiger partial charge in [-0.05, 0) is 5.56 Å². The number of methoxy groups -OCH3 is 1. The molecule has 0 fully saturated rings. The lowest BCUT2D eigenvalue weighted by molar-refractivity contribution is -0.120. The molecule has 0 spiro atoms. The van der Waals surface area contributed by atoms with E-state index in [1.54, 1.807) is 31.4 Å². The van der Waals surface area contributed by atoms with E-state index in [2.05, 4.69) is 10.5 Å². The summed E-state index contributed by atoms with van der Waals surface area (Å²) in [4.78, 5) is 11.7. The van der Waals surface area contributed by atoms with Gasteiger partial charge in [0.15, 0.2) is 5.84 Å². The van der Waals surface area contributed by atoms with Crippen LogP contribution in [0.2, 0.25) is 0 Å². The number of hydrogen-bond acceptors (Lipinski definition) is 5. The molecule has 7 heteroatoms. The summed E-state index contributed by atoms with van der Waals surface area (Å²) in [6.07, 6.45) is 0.272. The SMILES string of the molecule is COCCOCCNC(=O)Cc1ccc(C(N)=NO)cc1. The first kappa shape index (κ1) is 16.9. The van der Waals surface area contributed by atoms with Gasteiger partial charge in [0, 0.05) is 19.2 Å². The number of oxime groups is 1. The van der Waals surface area contributed by atoms with Gasteiger partial charge in [0.1, 0.15) is 0 Å². The number of nitrogens with zero attached hydrogens (tertiary/aromatic N) is 1. The zero-order valence-corrected chi connectivity index (χ0v) is 12.0. The first-order chi connectivity index (χ1) is 10.2. The fourth-order valence-electron chi connectivity index (χ4n) is 1.61. The molecule has 0 aliphatic rings. The molecule has 0 unspecified atom stereocenters. The zero-order chi connectivity index (χ0) is 15.5. The number of benzene rings is 1. The fourth-order valence-corrected chi connectivity index (χ4v) is 1.61. The molecule has 0 aliphatic heterocycles. The quantitative estimate of drug-likeness (QED) is 0.197. The van der Waals surface area contributed by atoms with Crippen LogP contribution in [0.5, 0.6) is 0 Å². The maximum absolute atomic E-state index is 11.7. The Bertz CT molecular complexity index is 460. The van der Waals surface area contributed by atoms with Crippen LogP contribution in [-0.2, 0) is 20.7 Å². The lowest BCUT2D eigenvalue weighted by Crippen LogP contribution is -2.29. The van der Waals surface area contributed by atoms with Crippen molar-refractivity contribution in [3.63, 3.8) is 0 Å². The van der Waals surface area contributed by atoms with E-state index in [1.807, 2.05) is 0 Å². The van der Waals surface area contributed by atoms with Crippen LogP contribution in [0.3, 0.4) is 0 Å². The summed E-state index contributed by atoms with van der Waals surface area (Å²) in [7, 11) is 1.61. The summed E-state index contributed by atoms with van der Waals surface area (Å²) in [5.74, 6) is -0.0407. The topological polar surface area (TPSA) is 106 Å². The third-order valence-corrected chi connectivity index (χ3v) is 2.72. The lowest BCUT2D eigenvalue weighted by atomic mass is 10.1. The maximum atomic E-state index is 11.7. The van der Waals surface area contributed by atoms with E-state index in [0.29, 0.717) is 31.9 Å². The highest BCUT2D eigenvalue weighted by Gasteiger charge is 2.04. The number of amidine groups is 1. The van der Waals surface area contributed by atoms with E-state index >= 15 is 0 Å². The van der Waals surface area contributed by atoms with E-state index in [-0.39, 0.29) is 18.2 Å². The molecule has 21 heavy (non-hydrogen) atoms. The van der Waals surface area contributed by atoms with Gasteiger partial charge in [0.05, 0.1) is 26.2 Å². The van der Waals surface area contributed by atoms with Gasteiger partial charge in [0.25, 0.3) is 0 Å². The van der Waals surface area contributed by atoms with Crippen LogP contribution in [0, 0.1) is 0 Å². The van der Waals surface area contributed by atoms with Crippen molar-refractivity contribution in [3.05, 3.63) is 35.4 Å². The molecule has 0 saturated heterocycles. The summed E-state index contributed by atoms with van der Waals surface area (Å²) in [6.45, 7) is 1.98. The Morgan fingerprint density at radius 3 is 2.62 bits per heavy atom. The smallest absolute Gasteiger partial charge is 0.224 e. The number of rotatable bonds is 9. The molecule has 0 heterocycles. The summed E-state index contributed by atoms with van der Waals surface area (Å²) < 4.78 is 10.1. The Morgan fingerprint density at radius 2 is 2.00 bits per heavy atom. The van der Waals surface area contributed by atoms with Crippen LogP contribution in [0.15, 0.2) is 29.4 Å². The van der Waals surface area contributed by atoms with Gasteiger partial charge in [-0.1, -0.05) is 29.4 Å². The number of carbonyl (C=O) groups is 1. The molecule has 0 aliphatic carbocycles. The van der Waals surface area contributed by atoms with E-state index < -0.39 is 0 Å². The summed E-state index contributed by atoms with van der Waals surface area (Å²) in [6, 6.07) is 6.93. The van der Waals surface area contributed by atoms with Crippen molar-refractivity contribution in [2.75, 3.05) is 33.5 Å². The minimum atomic E-state index is -0.0816. The number of nitrogens with two attached hydrogens (primary N) is 1. The van der Waals surface area contributed by atoms with Crippen LogP contribution in [0.25, 0.3) is 0 Å². The largest absolute Gasteiger partial charge is 0.409 e. The minimum absolute atomic E-state index is 0.0409. The number of nitrogens with one attached hydrogen (secondary N) is 1. The standard InChI is InChI=1S/C14H21N3O4/c1-20-8-9-21-7-6-16-13(18)10-11-2-4-12(5-3-11)14(15)17-19/h2-5,19H,6-10H2,1H3,(H2,15,17)(H,16,18). The highest BCUT2D eigenvalue weighted by Crippen LogP contribution is 2.05. The summed E-state index contributed by atoms with van der Waals surface area (Å²) >= 11 is 0. The normalized spacial score (nSPS) is 11.4. The molecule has 4 N–H and O–H groups in total. The monoisotopic (exact) mass is 295 g/mol. The summed E-state index contributed by atoms with van der Waals surface area (Å²) in [5, 5.41) is 14.2. The van der Waals surface area contributed by atoms with Gasteiger partial charge in [-0.2, -0.15) is 0 Å². The number of carbonyl (C=O) groups excluding carboxylic acids is 1. The Balaban J connectivity index is 2.28. The third-order valence-electron chi connectivity index (χ3n) is 2.72.